The zero-order chi connectivity index (χ0) is 22.7. The lowest BCUT2D eigenvalue weighted by molar-refractivity contribution is 0.253. The van der Waals surface area contributed by atoms with Crippen molar-refractivity contribution in [1.29, 1.82) is 0 Å². The predicted molar refractivity (Wildman–Crippen MR) is 139 cm³/mol. The van der Waals surface area contributed by atoms with E-state index < -0.39 is 0 Å². The molecule has 0 N–H and O–H groups in total. The quantitative estimate of drug-likeness (QED) is 0.326. The second kappa shape index (κ2) is 9.79. The first-order valence-corrected chi connectivity index (χ1v) is 12.2. The van der Waals surface area contributed by atoms with Gasteiger partial charge >= 0.3 is 0 Å². The minimum absolute atomic E-state index is 0.465. The van der Waals surface area contributed by atoms with Crippen LogP contribution in [0.15, 0.2) is 72.8 Å². The zero-order valence-corrected chi connectivity index (χ0v) is 19.9. The molecule has 2 aliphatic carbocycles. The topological polar surface area (TPSA) is 0 Å². The first-order valence-electron chi connectivity index (χ1n) is 12.2. The summed E-state index contributed by atoms with van der Waals surface area (Å²) >= 11 is 0. The monoisotopic (exact) mass is 420 g/mol. The van der Waals surface area contributed by atoms with Gasteiger partial charge in [-0.2, -0.15) is 0 Å². The molecule has 1 saturated carbocycles. The Morgan fingerprint density at radius 3 is 2.38 bits per heavy atom. The van der Waals surface area contributed by atoms with E-state index in [0.29, 0.717) is 17.8 Å². The van der Waals surface area contributed by atoms with E-state index in [4.69, 9.17) is 6.42 Å². The molecule has 0 heterocycles. The molecule has 164 valence electrons. The predicted octanol–water partition coefficient (Wildman–Crippen LogP) is 8.27. The number of allylic oxidation sites excluding steroid dienone is 5. The molecule has 0 nitrogen and oxygen atoms in total. The van der Waals surface area contributed by atoms with E-state index in [1.165, 1.54) is 65.5 Å². The molecule has 0 spiro atoms. The molecule has 0 bridgehead atoms. The van der Waals surface area contributed by atoms with E-state index in [0.717, 1.165) is 11.5 Å². The Hall–Kier alpha value is -2.78. The summed E-state index contributed by atoms with van der Waals surface area (Å²) in [6.45, 7) is 11.2. The lowest BCUT2D eigenvalue weighted by atomic mass is 9.69. The average Bonchev–Trinajstić information content (AvgIpc) is 3.23. The third-order valence-corrected chi connectivity index (χ3v) is 7.50. The van der Waals surface area contributed by atoms with Gasteiger partial charge in [-0.1, -0.05) is 73.6 Å². The number of benzene rings is 2. The lowest BCUT2D eigenvalue weighted by Crippen LogP contribution is -2.23. The Kier molecular flexibility index (Phi) is 6.86. The van der Waals surface area contributed by atoms with E-state index in [-0.39, 0.29) is 0 Å². The molecule has 0 radical (unpaired) electrons. The van der Waals surface area contributed by atoms with Crippen LogP contribution in [0.1, 0.15) is 73.3 Å². The van der Waals surface area contributed by atoms with Crippen molar-refractivity contribution in [3.63, 3.8) is 0 Å². The van der Waals surface area contributed by atoms with Gasteiger partial charge in [0.1, 0.15) is 0 Å². The van der Waals surface area contributed by atoms with Crippen LogP contribution >= 0.6 is 0 Å². The molecular formula is C32H36. The van der Waals surface area contributed by atoms with Crippen LogP contribution in [-0.2, 0) is 6.42 Å². The van der Waals surface area contributed by atoms with Crippen molar-refractivity contribution in [2.24, 2.45) is 17.8 Å². The van der Waals surface area contributed by atoms with Crippen molar-refractivity contribution in [2.45, 2.75) is 58.8 Å². The van der Waals surface area contributed by atoms with Gasteiger partial charge in [0.25, 0.3) is 0 Å². The van der Waals surface area contributed by atoms with Gasteiger partial charge in [0, 0.05) is 11.5 Å². The minimum Gasteiger partial charge on any atom is -0.115 e. The second-order valence-corrected chi connectivity index (χ2v) is 10.1. The lowest BCUT2D eigenvalue weighted by Gasteiger charge is -2.35. The van der Waals surface area contributed by atoms with Crippen molar-refractivity contribution >= 4 is 5.57 Å². The Labute approximate surface area is 195 Å². The summed E-state index contributed by atoms with van der Waals surface area (Å²) in [7, 11) is 0. The minimum atomic E-state index is 0.465. The molecule has 32 heavy (non-hydrogen) atoms. The summed E-state index contributed by atoms with van der Waals surface area (Å²) in [5, 5.41) is 0. The van der Waals surface area contributed by atoms with Gasteiger partial charge in [-0.3, -0.25) is 0 Å². The van der Waals surface area contributed by atoms with Crippen molar-refractivity contribution in [3.05, 3.63) is 101 Å². The van der Waals surface area contributed by atoms with Crippen LogP contribution in [0.4, 0.5) is 0 Å². The van der Waals surface area contributed by atoms with Crippen molar-refractivity contribution in [2.75, 3.05) is 0 Å². The molecule has 2 unspecified atom stereocenters. The Bertz CT molecular complexity index is 1060. The molecule has 0 saturated heterocycles. The third kappa shape index (κ3) is 4.99. The fourth-order valence-electron chi connectivity index (χ4n) is 5.76. The molecule has 4 rings (SSSR count). The number of rotatable bonds is 6. The summed E-state index contributed by atoms with van der Waals surface area (Å²) in [4.78, 5) is 0. The fraction of sp³-hybridized carbons (Fsp3) is 0.375. The molecule has 0 aliphatic heterocycles. The highest BCUT2D eigenvalue weighted by atomic mass is 14.3. The SMILES string of the molecule is C#Cc1ccc(CC2CCC(C(C(=C)C)c3ccc(C4=CC(C)C=C4)cc3C)CC2)cc1. The van der Waals surface area contributed by atoms with E-state index in [2.05, 4.69) is 94.0 Å². The number of aryl methyl sites for hydroxylation is 1. The number of hydrogen-bond acceptors (Lipinski definition) is 0. The van der Waals surface area contributed by atoms with Crippen molar-refractivity contribution in [3.8, 4) is 12.3 Å². The normalized spacial score (nSPS) is 23.4. The van der Waals surface area contributed by atoms with Gasteiger partial charge < -0.3 is 0 Å². The zero-order valence-electron chi connectivity index (χ0n) is 19.9. The molecule has 2 aliphatic rings. The van der Waals surface area contributed by atoms with Crippen molar-refractivity contribution in [1.82, 2.24) is 0 Å². The molecule has 0 amide bonds. The maximum atomic E-state index is 5.49. The highest BCUT2D eigenvalue weighted by molar-refractivity contribution is 5.77. The Morgan fingerprint density at radius 1 is 1.09 bits per heavy atom. The maximum absolute atomic E-state index is 5.49. The standard InChI is InChI=1S/C32H36/c1-6-25-8-10-26(11-9-25)21-27-12-15-28(16-13-27)32(22(2)3)31-18-17-30(20-24(31)5)29-14-7-23(4)19-29/h1,7-11,14,17-20,23,27-28,32H,2,12-13,15-16,21H2,3-5H3. The molecule has 0 heteroatoms. The summed E-state index contributed by atoms with van der Waals surface area (Å²) < 4.78 is 0. The highest BCUT2D eigenvalue weighted by Gasteiger charge is 2.30. The highest BCUT2D eigenvalue weighted by Crippen LogP contribution is 2.43. The molecule has 2 aromatic carbocycles. The summed E-state index contributed by atoms with van der Waals surface area (Å²) in [5.41, 5.74) is 9.27. The van der Waals surface area contributed by atoms with Gasteiger partial charge in [-0.05, 0) is 104 Å². The first-order chi connectivity index (χ1) is 15.4. The van der Waals surface area contributed by atoms with Crippen LogP contribution in [0.5, 0.6) is 0 Å². The van der Waals surface area contributed by atoms with Crippen LogP contribution in [0.2, 0.25) is 0 Å². The fourth-order valence-corrected chi connectivity index (χ4v) is 5.76. The first kappa shape index (κ1) is 22.4. The summed E-state index contributed by atoms with van der Waals surface area (Å²) in [5.74, 6) is 5.19. The van der Waals surface area contributed by atoms with E-state index in [1.807, 2.05) is 0 Å². The van der Waals surface area contributed by atoms with E-state index in [9.17, 15) is 0 Å². The van der Waals surface area contributed by atoms with Gasteiger partial charge in [0.15, 0.2) is 0 Å². The summed E-state index contributed by atoms with van der Waals surface area (Å²) in [6.07, 6.45) is 18.7. The second-order valence-electron chi connectivity index (χ2n) is 10.1. The van der Waals surface area contributed by atoms with Crippen LogP contribution in [0, 0.1) is 37.0 Å². The van der Waals surface area contributed by atoms with Crippen LogP contribution in [0.25, 0.3) is 5.57 Å². The number of terminal acetylenes is 1. The molecule has 2 aromatic rings. The van der Waals surface area contributed by atoms with Gasteiger partial charge in [0.2, 0.25) is 0 Å². The van der Waals surface area contributed by atoms with Crippen LogP contribution < -0.4 is 0 Å². The molecule has 0 aromatic heterocycles. The Balaban J connectivity index is 1.44. The number of hydrogen-bond donors (Lipinski definition) is 0. The Morgan fingerprint density at radius 2 is 1.81 bits per heavy atom. The maximum Gasteiger partial charge on any atom is 0.0242 e. The summed E-state index contributed by atoms with van der Waals surface area (Å²) in [6, 6.07) is 15.6. The van der Waals surface area contributed by atoms with Gasteiger partial charge in [-0.15, -0.1) is 6.42 Å². The van der Waals surface area contributed by atoms with E-state index >= 15 is 0 Å². The molecule has 1 fully saturated rings. The van der Waals surface area contributed by atoms with Crippen LogP contribution in [0.3, 0.4) is 0 Å². The van der Waals surface area contributed by atoms with Crippen molar-refractivity contribution < 1.29 is 0 Å². The smallest absolute Gasteiger partial charge is 0.0242 e. The van der Waals surface area contributed by atoms with Gasteiger partial charge in [0.05, 0.1) is 0 Å². The third-order valence-electron chi connectivity index (χ3n) is 7.50. The van der Waals surface area contributed by atoms with E-state index in [1.54, 1.807) is 0 Å². The largest absolute Gasteiger partial charge is 0.115 e. The van der Waals surface area contributed by atoms with Crippen LogP contribution in [-0.4, -0.2) is 0 Å². The molecule has 2 atom stereocenters. The molecular weight excluding hydrogens is 384 g/mol. The average molecular weight is 421 g/mol. The van der Waals surface area contributed by atoms with Gasteiger partial charge in [-0.25, -0.2) is 0 Å².